The third kappa shape index (κ3) is 2.91. The molecule has 2 heterocycles. The number of likely N-dealkylation sites (tertiary alicyclic amines) is 1. The van der Waals surface area contributed by atoms with E-state index in [4.69, 9.17) is 9.52 Å². The second kappa shape index (κ2) is 5.71. The van der Waals surface area contributed by atoms with Gasteiger partial charge in [0.25, 0.3) is 0 Å². The van der Waals surface area contributed by atoms with Gasteiger partial charge < -0.3 is 14.4 Å². The molecule has 1 aliphatic heterocycles. The molecule has 1 fully saturated rings. The van der Waals surface area contributed by atoms with E-state index in [2.05, 4.69) is 0 Å². The second-order valence-electron chi connectivity index (χ2n) is 4.57. The van der Waals surface area contributed by atoms with Gasteiger partial charge in [0.1, 0.15) is 6.04 Å². The number of amides is 1. The van der Waals surface area contributed by atoms with Crippen LogP contribution in [0.15, 0.2) is 23.0 Å². The molecule has 1 aliphatic rings. The monoisotopic (exact) mass is 251 g/mol. The lowest BCUT2D eigenvalue weighted by molar-refractivity contribution is -0.152. The first-order valence-electron chi connectivity index (χ1n) is 6.22. The van der Waals surface area contributed by atoms with Crippen molar-refractivity contribution in [3.8, 4) is 0 Å². The van der Waals surface area contributed by atoms with Crippen molar-refractivity contribution in [3.63, 3.8) is 0 Å². The molecule has 0 spiro atoms. The zero-order chi connectivity index (χ0) is 13.0. The van der Waals surface area contributed by atoms with Gasteiger partial charge in [-0.1, -0.05) is 0 Å². The molecule has 1 N–H and O–H groups in total. The summed E-state index contributed by atoms with van der Waals surface area (Å²) < 4.78 is 4.93. The number of carboxylic acid groups (broad SMARTS) is 1. The zero-order valence-electron chi connectivity index (χ0n) is 10.2. The minimum Gasteiger partial charge on any atom is -0.480 e. The Hall–Kier alpha value is -1.78. The van der Waals surface area contributed by atoms with Crippen LogP contribution >= 0.6 is 0 Å². The van der Waals surface area contributed by atoms with Crippen molar-refractivity contribution in [1.29, 1.82) is 0 Å². The highest BCUT2D eigenvalue weighted by molar-refractivity contribution is 5.84. The zero-order valence-corrected chi connectivity index (χ0v) is 10.2. The Morgan fingerprint density at radius 3 is 2.94 bits per heavy atom. The molecule has 2 rings (SSSR count). The number of hydrogen-bond acceptors (Lipinski definition) is 3. The van der Waals surface area contributed by atoms with Gasteiger partial charge >= 0.3 is 5.97 Å². The molecule has 1 amide bonds. The fraction of sp³-hybridized carbons (Fsp3) is 0.538. The van der Waals surface area contributed by atoms with Gasteiger partial charge in [0.15, 0.2) is 0 Å². The molecule has 0 aliphatic carbocycles. The topological polar surface area (TPSA) is 70.8 Å². The summed E-state index contributed by atoms with van der Waals surface area (Å²) in [5.74, 6) is -0.977. The smallest absolute Gasteiger partial charge is 0.326 e. The Kier molecular flexibility index (Phi) is 4.02. The molecule has 5 nitrogen and oxygen atoms in total. The molecule has 1 saturated heterocycles. The van der Waals surface area contributed by atoms with E-state index in [9.17, 15) is 9.59 Å². The fourth-order valence-electron chi connectivity index (χ4n) is 2.32. The van der Waals surface area contributed by atoms with Gasteiger partial charge in [-0.3, -0.25) is 4.79 Å². The molecule has 18 heavy (non-hydrogen) atoms. The Morgan fingerprint density at radius 1 is 1.44 bits per heavy atom. The maximum atomic E-state index is 12.0. The van der Waals surface area contributed by atoms with Gasteiger partial charge in [-0.2, -0.15) is 0 Å². The van der Waals surface area contributed by atoms with E-state index in [1.165, 1.54) is 4.90 Å². The van der Waals surface area contributed by atoms with E-state index in [0.717, 1.165) is 18.4 Å². The van der Waals surface area contributed by atoms with Crippen LogP contribution in [0.1, 0.15) is 31.2 Å². The summed E-state index contributed by atoms with van der Waals surface area (Å²) in [7, 11) is 0. The molecule has 5 heteroatoms. The van der Waals surface area contributed by atoms with Gasteiger partial charge in [0.2, 0.25) is 5.91 Å². The predicted octanol–water partition coefficient (Wildman–Crippen LogP) is 1.68. The third-order valence-corrected chi connectivity index (χ3v) is 3.32. The van der Waals surface area contributed by atoms with Crippen molar-refractivity contribution in [2.75, 3.05) is 6.54 Å². The van der Waals surface area contributed by atoms with E-state index < -0.39 is 12.0 Å². The number of piperidine rings is 1. The molecule has 0 saturated carbocycles. The van der Waals surface area contributed by atoms with Crippen LogP contribution in [0.5, 0.6) is 0 Å². The lowest BCUT2D eigenvalue weighted by Crippen LogP contribution is -2.48. The minimum absolute atomic E-state index is 0.0803. The highest BCUT2D eigenvalue weighted by Gasteiger charge is 2.31. The molecule has 1 aromatic rings. The van der Waals surface area contributed by atoms with Crippen LogP contribution in [0.3, 0.4) is 0 Å². The highest BCUT2D eigenvalue weighted by Crippen LogP contribution is 2.19. The maximum absolute atomic E-state index is 12.0. The third-order valence-electron chi connectivity index (χ3n) is 3.32. The summed E-state index contributed by atoms with van der Waals surface area (Å²) in [5, 5.41) is 9.10. The molecule has 0 bridgehead atoms. The molecule has 1 aromatic heterocycles. The van der Waals surface area contributed by atoms with Gasteiger partial charge in [0.05, 0.1) is 12.5 Å². The van der Waals surface area contributed by atoms with E-state index >= 15 is 0 Å². The first-order chi connectivity index (χ1) is 8.68. The first kappa shape index (κ1) is 12.7. The van der Waals surface area contributed by atoms with Crippen molar-refractivity contribution in [1.82, 2.24) is 4.90 Å². The SMILES string of the molecule is O=C(O)C1CCCCN1C(=O)CCc1ccoc1. The van der Waals surface area contributed by atoms with E-state index in [1.54, 1.807) is 12.5 Å². The molecular weight excluding hydrogens is 234 g/mol. The van der Waals surface area contributed by atoms with E-state index in [-0.39, 0.29) is 5.91 Å². The summed E-state index contributed by atoms with van der Waals surface area (Å²) in [5.41, 5.74) is 0.965. The van der Waals surface area contributed by atoms with Crippen molar-refractivity contribution in [3.05, 3.63) is 24.2 Å². The highest BCUT2D eigenvalue weighted by atomic mass is 16.4. The summed E-state index contributed by atoms with van der Waals surface area (Å²) >= 11 is 0. The molecule has 0 aromatic carbocycles. The Bertz CT molecular complexity index is 413. The van der Waals surface area contributed by atoms with Crippen molar-refractivity contribution in [2.45, 2.75) is 38.1 Å². The van der Waals surface area contributed by atoms with Gasteiger partial charge in [-0.05, 0) is 37.3 Å². The number of rotatable bonds is 4. The number of aryl methyl sites for hydroxylation is 1. The Balaban J connectivity index is 1.92. The first-order valence-corrected chi connectivity index (χ1v) is 6.22. The van der Waals surface area contributed by atoms with Crippen molar-refractivity contribution < 1.29 is 19.1 Å². The van der Waals surface area contributed by atoms with Gasteiger partial charge in [0, 0.05) is 13.0 Å². The number of carboxylic acids is 1. The van der Waals surface area contributed by atoms with Gasteiger partial charge in [-0.15, -0.1) is 0 Å². The molecule has 0 radical (unpaired) electrons. The average molecular weight is 251 g/mol. The van der Waals surface area contributed by atoms with Crippen molar-refractivity contribution >= 4 is 11.9 Å². The molecular formula is C13H17NO4. The Labute approximate surface area is 105 Å². The van der Waals surface area contributed by atoms with Crippen LogP contribution in [0, 0.1) is 0 Å². The van der Waals surface area contributed by atoms with Crippen LogP contribution in [0.25, 0.3) is 0 Å². The quantitative estimate of drug-likeness (QED) is 0.883. The average Bonchev–Trinajstić information content (AvgIpc) is 2.89. The van der Waals surface area contributed by atoms with Crippen LogP contribution < -0.4 is 0 Å². The number of hydrogen-bond donors (Lipinski definition) is 1. The van der Waals surface area contributed by atoms with E-state index in [1.807, 2.05) is 6.07 Å². The normalized spacial score (nSPS) is 19.8. The minimum atomic E-state index is -0.897. The van der Waals surface area contributed by atoms with Crippen LogP contribution in [-0.2, 0) is 16.0 Å². The van der Waals surface area contributed by atoms with Crippen LogP contribution in [-0.4, -0.2) is 34.5 Å². The standard InChI is InChI=1S/C13H17NO4/c15-12(5-4-10-6-8-18-9-10)14-7-2-1-3-11(14)13(16)17/h6,8-9,11H,1-5,7H2,(H,16,17). The molecule has 1 atom stereocenters. The predicted molar refractivity (Wildman–Crippen MR) is 64.0 cm³/mol. The van der Waals surface area contributed by atoms with Crippen molar-refractivity contribution in [2.24, 2.45) is 0 Å². The largest absolute Gasteiger partial charge is 0.480 e. The maximum Gasteiger partial charge on any atom is 0.326 e. The summed E-state index contributed by atoms with van der Waals surface area (Å²) in [6.45, 7) is 0.557. The number of carbonyl (C=O) groups excluding carboxylic acids is 1. The fourth-order valence-corrected chi connectivity index (χ4v) is 2.32. The van der Waals surface area contributed by atoms with E-state index in [0.29, 0.717) is 25.8 Å². The van der Waals surface area contributed by atoms with Crippen LogP contribution in [0.4, 0.5) is 0 Å². The van der Waals surface area contributed by atoms with Gasteiger partial charge in [-0.25, -0.2) is 4.79 Å². The summed E-state index contributed by atoms with van der Waals surface area (Å²) in [4.78, 5) is 24.6. The summed E-state index contributed by atoms with van der Waals surface area (Å²) in [6.07, 6.45) is 6.44. The van der Waals surface area contributed by atoms with Crippen LogP contribution in [0.2, 0.25) is 0 Å². The lowest BCUT2D eigenvalue weighted by Gasteiger charge is -2.33. The summed E-state index contributed by atoms with van der Waals surface area (Å²) in [6, 6.07) is 1.17. The second-order valence-corrected chi connectivity index (χ2v) is 4.57. The lowest BCUT2D eigenvalue weighted by atomic mass is 10.0. The number of carbonyl (C=O) groups is 2. The Morgan fingerprint density at radius 2 is 2.28 bits per heavy atom. The number of nitrogens with zero attached hydrogens (tertiary/aromatic N) is 1. The number of furan rings is 1. The molecule has 1 unspecified atom stereocenters. The number of aliphatic carboxylic acids is 1. The molecule has 98 valence electrons.